The smallest absolute Gasteiger partial charge is 0.246 e. The molecule has 0 aliphatic carbocycles. The quantitative estimate of drug-likeness (QED) is 0.400. The maximum Gasteiger partial charge on any atom is 0.246 e. The van der Waals surface area contributed by atoms with Gasteiger partial charge in [0.1, 0.15) is 17.4 Å². The summed E-state index contributed by atoms with van der Waals surface area (Å²) in [6, 6.07) is 31.2. The highest BCUT2D eigenvalue weighted by molar-refractivity contribution is 5.97. The Balaban J connectivity index is 1.69. The zero-order valence-corrected chi connectivity index (χ0v) is 17.8. The predicted octanol–water partition coefficient (Wildman–Crippen LogP) is 5.95. The minimum Gasteiger partial charge on any atom is -0.438 e. The van der Waals surface area contributed by atoms with Gasteiger partial charge in [0.15, 0.2) is 0 Å². The van der Waals surface area contributed by atoms with E-state index in [4.69, 9.17) is 4.42 Å². The fourth-order valence-electron chi connectivity index (χ4n) is 3.66. The minimum atomic E-state index is -0.250. The molecule has 3 aromatic carbocycles. The zero-order valence-electron chi connectivity index (χ0n) is 17.8. The number of hydrogen-bond acceptors (Lipinski definition) is 4. The van der Waals surface area contributed by atoms with Crippen LogP contribution in [0.15, 0.2) is 95.4 Å². The van der Waals surface area contributed by atoms with Crippen LogP contribution in [-0.4, -0.2) is 19.0 Å². The summed E-state index contributed by atoms with van der Waals surface area (Å²) >= 11 is 0. The average molecular weight is 422 g/mol. The summed E-state index contributed by atoms with van der Waals surface area (Å²) < 4.78 is 6.10. The van der Waals surface area contributed by atoms with Crippen molar-refractivity contribution in [2.45, 2.75) is 6.92 Å². The van der Waals surface area contributed by atoms with Gasteiger partial charge in [-0.3, -0.25) is 10.1 Å². The Kier molecular flexibility index (Phi) is 6.33. The highest BCUT2D eigenvalue weighted by atomic mass is 16.4. The first-order valence-electron chi connectivity index (χ1n) is 10.5. The van der Waals surface area contributed by atoms with Crippen LogP contribution in [0.1, 0.15) is 12.5 Å². The van der Waals surface area contributed by atoms with Crippen LogP contribution < -0.4 is 10.2 Å². The van der Waals surface area contributed by atoms with Crippen LogP contribution >= 0.6 is 0 Å². The first-order valence-corrected chi connectivity index (χ1v) is 10.5. The maximum absolute atomic E-state index is 12.9. The van der Waals surface area contributed by atoms with E-state index in [1.165, 1.54) is 0 Å². The third kappa shape index (κ3) is 4.40. The summed E-state index contributed by atoms with van der Waals surface area (Å²) in [7, 11) is 0. The molecule has 5 heteroatoms. The molecular formula is C27H23N3O2. The van der Waals surface area contributed by atoms with Gasteiger partial charge >= 0.3 is 0 Å². The fourth-order valence-corrected chi connectivity index (χ4v) is 3.66. The number of nitrogens with one attached hydrogen (secondary N) is 1. The lowest BCUT2D eigenvalue weighted by molar-refractivity contribution is -0.115. The zero-order chi connectivity index (χ0) is 22.3. The van der Waals surface area contributed by atoms with Gasteiger partial charge in [-0.15, -0.1) is 0 Å². The van der Waals surface area contributed by atoms with Crippen molar-refractivity contribution in [3.05, 3.63) is 96.6 Å². The van der Waals surface area contributed by atoms with Crippen molar-refractivity contribution < 1.29 is 9.21 Å². The van der Waals surface area contributed by atoms with E-state index < -0.39 is 0 Å². The van der Waals surface area contributed by atoms with E-state index in [1.807, 2.05) is 103 Å². The average Bonchev–Trinajstić information content (AvgIpc) is 3.22. The minimum absolute atomic E-state index is 0.146. The highest BCUT2D eigenvalue weighted by Crippen LogP contribution is 2.41. The van der Waals surface area contributed by atoms with Crippen molar-refractivity contribution in [2.24, 2.45) is 0 Å². The number of carbonyl (C=O) groups excluding carboxylic acids is 1. The largest absolute Gasteiger partial charge is 0.438 e. The summed E-state index contributed by atoms with van der Waals surface area (Å²) in [5.41, 5.74) is 3.63. The molecule has 1 heterocycles. The Morgan fingerprint density at radius 2 is 1.47 bits per heavy atom. The van der Waals surface area contributed by atoms with Gasteiger partial charge in [0.25, 0.3) is 0 Å². The van der Waals surface area contributed by atoms with Gasteiger partial charge in [-0.25, -0.2) is 0 Å². The van der Waals surface area contributed by atoms with E-state index in [-0.39, 0.29) is 18.3 Å². The van der Waals surface area contributed by atoms with E-state index in [0.29, 0.717) is 23.4 Å². The van der Waals surface area contributed by atoms with Crippen LogP contribution in [0.3, 0.4) is 0 Å². The number of nitrogens with zero attached hydrogens (tertiary/aromatic N) is 2. The molecule has 0 aliphatic heterocycles. The second kappa shape index (κ2) is 9.67. The Morgan fingerprint density at radius 3 is 2.03 bits per heavy atom. The summed E-state index contributed by atoms with van der Waals surface area (Å²) in [5.74, 6) is 0.471. The van der Waals surface area contributed by atoms with Gasteiger partial charge in [0.05, 0.1) is 6.54 Å². The second-order valence-corrected chi connectivity index (χ2v) is 7.25. The standard InChI is InChI=1S/C27H23N3O2/c1-2-30(22-16-10-5-11-17-22)19-24(31)29-27-23(18-28)25(20-12-6-3-7-13-20)26(32-27)21-14-8-4-9-15-21/h3-17H,2,19H2,1H3,(H,29,31). The number of furan rings is 1. The van der Waals surface area contributed by atoms with Gasteiger partial charge in [0, 0.05) is 23.4 Å². The first kappa shape index (κ1) is 21.0. The molecule has 1 aromatic heterocycles. The summed E-state index contributed by atoms with van der Waals surface area (Å²) in [5, 5.41) is 12.8. The Labute approximate surface area is 187 Å². The van der Waals surface area contributed by atoms with Crippen molar-refractivity contribution in [3.8, 4) is 28.5 Å². The van der Waals surface area contributed by atoms with Crippen LogP contribution in [0, 0.1) is 11.3 Å². The molecule has 0 aliphatic rings. The predicted molar refractivity (Wildman–Crippen MR) is 127 cm³/mol. The van der Waals surface area contributed by atoms with Crippen molar-refractivity contribution >= 4 is 17.5 Å². The summed E-state index contributed by atoms with van der Waals surface area (Å²) in [6.45, 7) is 2.81. The lowest BCUT2D eigenvalue weighted by Crippen LogP contribution is -2.33. The van der Waals surface area contributed by atoms with E-state index >= 15 is 0 Å². The third-order valence-corrected chi connectivity index (χ3v) is 5.21. The molecule has 5 nitrogen and oxygen atoms in total. The SMILES string of the molecule is CCN(CC(=O)Nc1oc(-c2ccccc2)c(-c2ccccc2)c1C#N)c1ccccc1. The van der Waals surface area contributed by atoms with Crippen LogP contribution in [-0.2, 0) is 4.79 Å². The number of nitriles is 1. The van der Waals surface area contributed by atoms with Crippen molar-refractivity contribution in [2.75, 3.05) is 23.3 Å². The molecule has 32 heavy (non-hydrogen) atoms. The molecule has 4 rings (SSSR count). The molecule has 1 N–H and O–H groups in total. The fraction of sp³-hybridized carbons (Fsp3) is 0.111. The normalized spacial score (nSPS) is 10.4. The number of benzene rings is 3. The number of para-hydroxylation sites is 1. The topological polar surface area (TPSA) is 69.3 Å². The molecule has 0 saturated carbocycles. The molecule has 0 saturated heterocycles. The monoisotopic (exact) mass is 421 g/mol. The van der Waals surface area contributed by atoms with Gasteiger partial charge in [-0.05, 0) is 24.6 Å². The Morgan fingerprint density at radius 1 is 0.906 bits per heavy atom. The summed E-state index contributed by atoms with van der Waals surface area (Å²) in [4.78, 5) is 14.9. The lowest BCUT2D eigenvalue weighted by Gasteiger charge is -2.22. The number of amides is 1. The van der Waals surface area contributed by atoms with Crippen LogP contribution in [0.4, 0.5) is 11.6 Å². The van der Waals surface area contributed by atoms with Crippen molar-refractivity contribution in [1.29, 1.82) is 5.26 Å². The van der Waals surface area contributed by atoms with Crippen LogP contribution in [0.25, 0.3) is 22.5 Å². The van der Waals surface area contributed by atoms with Crippen molar-refractivity contribution in [1.82, 2.24) is 0 Å². The molecule has 4 aromatic rings. The summed E-state index contributed by atoms with van der Waals surface area (Å²) in [6.07, 6.45) is 0. The van der Waals surface area contributed by atoms with E-state index in [0.717, 1.165) is 16.8 Å². The lowest BCUT2D eigenvalue weighted by atomic mass is 9.98. The molecule has 1 amide bonds. The molecule has 158 valence electrons. The molecule has 0 bridgehead atoms. The second-order valence-electron chi connectivity index (χ2n) is 7.25. The number of hydrogen-bond donors (Lipinski definition) is 1. The van der Waals surface area contributed by atoms with Gasteiger partial charge in [0.2, 0.25) is 11.8 Å². The third-order valence-electron chi connectivity index (χ3n) is 5.21. The molecule has 0 unspecified atom stereocenters. The van der Waals surface area contributed by atoms with E-state index in [9.17, 15) is 10.1 Å². The first-order chi connectivity index (χ1) is 15.7. The molecule has 0 atom stereocenters. The number of rotatable bonds is 7. The van der Waals surface area contributed by atoms with Crippen molar-refractivity contribution in [3.63, 3.8) is 0 Å². The molecule has 0 spiro atoms. The molecule has 0 radical (unpaired) electrons. The van der Waals surface area contributed by atoms with Crippen LogP contribution in [0.2, 0.25) is 0 Å². The number of likely N-dealkylation sites (N-methyl/N-ethyl adjacent to an activating group) is 1. The number of anilines is 2. The highest BCUT2D eigenvalue weighted by Gasteiger charge is 2.24. The van der Waals surface area contributed by atoms with E-state index in [1.54, 1.807) is 0 Å². The van der Waals surface area contributed by atoms with E-state index in [2.05, 4.69) is 11.4 Å². The van der Waals surface area contributed by atoms with Gasteiger partial charge in [-0.1, -0.05) is 78.9 Å². The Bertz CT molecular complexity index is 1230. The van der Waals surface area contributed by atoms with Crippen LogP contribution in [0.5, 0.6) is 0 Å². The Hall–Kier alpha value is -4.30. The molecule has 0 fully saturated rings. The molecular weight excluding hydrogens is 398 g/mol. The maximum atomic E-state index is 12.9. The number of carbonyl (C=O) groups is 1. The van der Waals surface area contributed by atoms with Gasteiger partial charge < -0.3 is 9.32 Å². The van der Waals surface area contributed by atoms with Gasteiger partial charge in [-0.2, -0.15) is 5.26 Å².